The van der Waals surface area contributed by atoms with Crippen molar-refractivity contribution in [2.75, 3.05) is 32.9 Å². The zero-order valence-electron chi connectivity index (χ0n) is 15.4. The Balaban J connectivity index is 1.36. The van der Waals surface area contributed by atoms with Crippen molar-refractivity contribution in [1.82, 2.24) is 10.2 Å². The van der Waals surface area contributed by atoms with Gasteiger partial charge in [0, 0.05) is 18.7 Å². The molecule has 0 saturated carbocycles. The molecule has 0 radical (unpaired) electrons. The monoisotopic (exact) mass is 368 g/mol. The lowest BCUT2D eigenvalue weighted by atomic mass is 10.1. The molecule has 2 aromatic rings. The summed E-state index contributed by atoms with van der Waals surface area (Å²) in [5.41, 5.74) is 2.11. The minimum Gasteiger partial charge on any atom is -0.492 e. The van der Waals surface area contributed by atoms with Crippen molar-refractivity contribution in [2.45, 2.75) is 19.5 Å². The average Bonchev–Trinajstić information content (AvgIpc) is 2.89. The maximum Gasteiger partial charge on any atom is 0.234 e. The van der Waals surface area contributed by atoms with Crippen LogP contribution in [-0.4, -0.2) is 43.7 Å². The molecule has 1 atom stereocenters. The zero-order valence-corrected chi connectivity index (χ0v) is 15.4. The smallest absolute Gasteiger partial charge is 0.234 e. The molecule has 2 aliphatic rings. The fourth-order valence-corrected chi connectivity index (χ4v) is 3.42. The molecule has 27 heavy (non-hydrogen) atoms. The number of para-hydroxylation sites is 1. The van der Waals surface area contributed by atoms with Gasteiger partial charge in [-0.25, -0.2) is 0 Å². The van der Waals surface area contributed by atoms with E-state index in [9.17, 15) is 4.79 Å². The van der Waals surface area contributed by atoms with E-state index in [1.54, 1.807) is 0 Å². The summed E-state index contributed by atoms with van der Waals surface area (Å²) in [6, 6.07) is 13.7. The van der Waals surface area contributed by atoms with E-state index < -0.39 is 0 Å². The van der Waals surface area contributed by atoms with Gasteiger partial charge in [0.2, 0.25) is 5.91 Å². The number of fused-ring (bicyclic) bond motifs is 2. The highest BCUT2D eigenvalue weighted by atomic mass is 16.6. The van der Waals surface area contributed by atoms with Crippen LogP contribution in [0.4, 0.5) is 0 Å². The summed E-state index contributed by atoms with van der Waals surface area (Å²) in [4.78, 5) is 14.7. The van der Waals surface area contributed by atoms with Gasteiger partial charge in [-0.3, -0.25) is 9.69 Å². The second-order valence-corrected chi connectivity index (χ2v) is 6.86. The fraction of sp³-hybridized carbons (Fsp3) is 0.381. The largest absolute Gasteiger partial charge is 0.492 e. The number of nitrogens with one attached hydrogen (secondary N) is 1. The van der Waals surface area contributed by atoms with Crippen molar-refractivity contribution >= 4 is 5.91 Å². The van der Waals surface area contributed by atoms with Crippen molar-refractivity contribution in [3.05, 3.63) is 53.6 Å². The highest BCUT2D eigenvalue weighted by Gasteiger charge is 2.19. The highest BCUT2D eigenvalue weighted by molar-refractivity contribution is 5.78. The number of hydrogen-bond acceptors (Lipinski definition) is 5. The zero-order chi connectivity index (χ0) is 18.6. The van der Waals surface area contributed by atoms with Crippen molar-refractivity contribution in [2.24, 2.45) is 0 Å². The first-order valence-corrected chi connectivity index (χ1v) is 9.31. The Morgan fingerprint density at radius 1 is 1.04 bits per heavy atom. The van der Waals surface area contributed by atoms with Crippen molar-refractivity contribution in [1.29, 1.82) is 0 Å². The quantitative estimate of drug-likeness (QED) is 0.899. The third-order valence-corrected chi connectivity index (χ3v) is 4.84. The van der Waals surface area contributed by atoms with Crippen molar-refractivity contribution in [3.63, 3.8) is 0 Å². The molecule has 4 rings (SSSR count). The Bertz CT molecular complexity index is 824. The molecule has 6 nitrogen and oxygen atoms in total. The molecule has 0 aromatic heterocycles. The molecule has 1 amide bonds. The molecule has 2 aromatic carbocycles. The van der Waals surface area contributed by atoms with Gasteiger partial charge < -0.3 is 19.5 Å². The van der Waals surface area contributed by atoms with E-state index in [0.29, 0.717) is 32.9 Å². The predicted molar refractivity (Wildman–Crippen MR) is 101 cm³/mol. The molecule has 6 heteroatoms. The topological polar surface area (TPSA) is 60.0 Å². The molecule has 0 aliphatic carbocycles. The van der Waals surface area contributed by atoms with Gasteiger partial charge in [0.25, 0.3) is 0 Å². The second-order valence-electron chi connectivity index (χ2n) is 6.86. The molecule has 1 N–H and O–H groups in total. The van der Waals surface area contributed by atoms with E-state index in [1.165, 1.54) is 0 Å². The van der Waals surface area contributed by atoms with E-state index in [4.69, 9.17) is 14.2 Å². The Labute approximate surface area is 159 Å². The molecule has 142 valence electrons. The molecular weight excluding hydrogens is 344 g/mol. The van der Waals surface area contributed by atoms with Gasteiger partial charge in [0.1, 0.15) is 25.6 Å². The van der Waals surface area contributed by atoms with Crippen LogP contribution in [0.5, 0.6) is 17.2 Å². The van der Waals surface area contributed by atoms with Crippen molar-refractivity contribution in [3.8, 4) is 17.2 Å². The molecule has 0 fully saturated rings. The molecule has 2 aliphatic heterocycles. The first kappa shape index (κ1) is 17.7. The van der Waals surface area contributed by atoms with E-state index >= 15 is 0 Å². The summed E-state index contributed by atoms with van der Waals surface area (Å²) in [5, 5.41) is 3.08. The normalized spacial score (nSPS) is 17.2. The van der Waals surface area contributed by atoms with Crippen molar-refractivity contribution < 1.29 is 19.0 Å². The lowest BCUT2D eigenvalue weighted by molar-refractivity contribution is -0.123. The number of carbonyl (C=O) groups excluding carboxylic acids is 1. The van der Waals surface area contributed by atoms with Crippen LogP contribution in [0.25, 0.3) is 0 Å². The summed E-state index contributed by atoms with van der Waals surface area (Å²) in [6.45, 7) is 5.46. The van der Waals surface area contributed by atoms with E-state index in [2.05, 4.69) is 10.2 Å². The van der Waals surface area contributed by atoms with E-state index in [-0.39, 0.29) is 11.9 Å². The third-order valence-electron chi connectivity index (χ3n) is 4.84. The standard InChI is InChI=1S/C21H24N2O4/c1-15(16-6-7-19-20(12-16)27-11-10-26-19)22-21(24)14-23-8-9-25-18-5-3-2-4-17(18)13-23/h2-7,12,15H,8-11,13-14H2,1H3,(H,22,24). The van der Waals surface area contributed by atoms with Crippen LogP contribution in [0.15, 0.2) is 42.5 Å². The van der Waals surface area contributed by atoms with E-state index in [1.807, 2.05) is 49.4 Å². The first-order valence-electron chi connectivity index (χ1n) is 9.31. The Morgan fingerprint density at radius 3 is 2.70 bits per heavy atom. The Kier molecular flexibility index (Phi) is 5.16. The van der Waals surface area contributed by atoms with Crippen LogP contribution < -0.4 is 19.5 Å². The molecule has 0 saturated heterocycles. The summed E-state index contributed by atoms with van der Waals surface area (Å²) < 4.78 is 16.9. The van der Waals surface area contributed by atoms with Crippen LogP contribution in [0.3, 0.4) is 0 Å². The summed E-state index contributed by atoms with van der Waals surface area (Å²) in [7, 11) is 0. The minimum absolute atomic E-state index is 0.00299. The molecule has 2 heterocycles. The van der Waals surface area contributed by atoms with Crippen LogP contribution >= 0.6 is 0 Å². The van der Waals surface area contributed by atoms with Crippen LogP contribution in [0.2, 0.25) is 0 Å². The molecule has 1 unspecified atom stereocenters. The van der Waals surface area contributed by atoms with Gasteiger partial charge in [-0.05, 0) is 30.7 Å². The molecule has 0 bridgehead atoms. The Morgan fingerprint density at radius 2 is 1.81 bits per heavy atom. The first-order chi connectivity index (χ1) is 13.2. The predicted octanol–water partition coefficient (Wildman–Crippen LogP) is 2.53. The molecular formula is C21H24N2O4. The maximum absolute atomic E-state index is 12.6. The lowest BCUT2D eigenvalue weighted by Crippen LogP contribution is -2.38. The number of amides is 1. The van der Waals surface area contributed by atoms with Crippen LogP contribution in [0, 0.1) is 0 Å². The van der Waals surface area contributed by atoms with Gasteiger partial charge in [-0.1, -0.05) is 24.3 Å². The number of carbonyl (C=O) groups is 1. The van der Waals surface area contributed by atoms with Gasteiger partial charge >= 0.3 is 0 Å². The average molecular weight is 368 g/mol. The number of hydrogen-bond donors (Lipinski definition) is 1. The number of nitrogens with zero attached hydrogens (tertiary/aromatic N) is 1. The highest BCUT2D eigenvalue weighted by Crippen LogP contribution is 2.32. The number of benzene rings is 2. The second kappa shape index (κ2) is 7.88. The summed E-state index contributed by atoms with van der Waals surface area (Å²) >= 11 is 0. The van der Waals surface area contributed by atoms with Gasteiger partial charge in [-0.2, -0.15) is 0 Å². The Hall–Kier alpha value is -2.73. The molecule has 0 spiro atoms. The number of ether oxygens (including phenoxy) is 3. The van der Waals surface area contributed by atoms with Gasteiger partial charge in [0.15, 0.2) is 11.5 Å². The summed E-state index contributed by atoms with van der Waals surface area (Å²) in [6.07, 6.45) is 0. The number of rotatable bonds is 4. The van der Waals surface area contributed by atoms with Crippen LogP contribution in [0.1, 0.15) is 24.1 Å². The fourth-order valence-electron chi connectivity index (χ4n) is 3.42. The van der Waals surface area contributed by atoms with Gasteiger partial charge in [0.05, 0.1) is 12.6 Å². The van der Waals surface area contributed by atoms with Gasteiger partial charge in [-0.15, -0.1) is 0 Å². The lowest BCUT2D eigenvalue weighted by Gasteiger charge is -2.23. The minimum atomic E-state index is -0.108. The third kappa shape index (κ3) is 4.17. The maximum atomic E-state index is 12.6. The van der Waals surface area contributed by atoms with Crippen LogP contribution in [-0.2, 0) is 11.3 Å². The SMILES string of the molecule is CC(NC(=O)CN1CCOc2ccccc2C1)c1ccc2c(c1)OCCO2. The summed E-state index contributed by atoms with van der Waals surface area (Å²) in [5.74, 6) is 2.40. The van der Waals surface area contributed by atoms with E-state index in [0.717, 1.165) is 34.9 Å².